The molecule has 4 nitrogen and oxygen atoms in total. The summed E-state index contributed by atoms with van der Waals surface area (Å²) in [4.78, 5) is 29.0. The van der Waals surface area contributed by atoms with Crippen LogP contribution in [0.1, 0.15) is 42.2 Å². The van der Waals surface area contributed by atoms with Crippen molar-refractivity contribution in [1.29, 1.82) is 0 Å². The number of Topliss-reactive ketones (excluding diaryl/α,β-unsaturated/α-hetero) is 1. The highest BCUT2D eigenvalue weighted by molar-refractivity contribution is 6.35. The maximum Gasteiger partial charge on any atom is 0.232 e. The number of allylic oxidation sites excluding steroid dienone is 2. The summed E-state index contributed by atoms with van der Waals surface area (Å²) < 4.78 is 5.39. The van der Waals surface area contributed by atoms with E-state index in [9.17, 15) is 9.59 Å². The maximum atomic E-state index is 13.7. The highest BCUT2D eigenvalue weighted by Crippen LogP contribution is 2.48. The van der Waals surface area contributed by atoms with Gasteiger partial charge in [-0.3, -0.25) is 14.5 Å². The van der Waals surface area contributed by atoms with Gasteiger partial charge in [-0.25, -0.2) is 0 Å². The SMILES string of the molecule is COc1cccc(N2C(=O)CC(c3ccc(Cl)cc3Cl)C3=C2CC(c2ccccc2)CC3=O)c1. The summed E-state index contributed by atoms with van der Waals surface area (Å²) in [6.07, 6.45) is 1.12. The number of carbonyl (C=O) groups excluding carboxylic acids is 2. The van der Waals surface area contributed by atoms with Crippen LogP contribution < -0.4 is 9.64 Å². The molecule has 0 bridgehead atoms. The van der Waals surface area contributed by atoms with Gasteiger partial charge < -0.3 is 4.74 Å². The molecular weight excluding hydrogens is 469 g/mol. The molecular formula is C28H23Cl2NO3. The van der Waals surface area contributed by atoms with Crippen LogP contribution in [0, 0.1) is 0 Å². The number of hydrogen-bond donors (Lipinski definition) is 0. The minimum absolute atomic E-state index is 0.00667. The smallest absolute Gasteiger partial charge is 0.232 e. The fourth-order valence-corrected chi connectivity index (χ4v) is 5.64. The van der Waals surface area contributed by atoms with Crippen LogP contribution in [0.3, 0.4) is 0 Å². The number of carbonyl (C=O) groups is 2. The van der Waals surface area contributed by atoms with Gasteiger partial charge in [-0.1, -0.05) is 65.7 Å². The fourth-order valence-electron chi connectivity index (χ4n) is 5.10. The predicted octanol–water partition coefficient (Wildman–Crippen LogP) is 6.92. The molecule has 0 fully saturated rings. The number of anilines is 1. The third kappa shape index (κ3) is 4.13. The molecule has 3 aromatic carbocycles. The van der Waals surface area contributed by atoms with Crippen LogP contribution in [0.15, 0.2) is 84.1 Å². The molecule has 34 heavy (non-hydrogen) atoms. The summed E-state index contributed by atoms with van der Waals surface area (Å²) in [5, 5.41) is 0.979. The zero-order valence-corrected chi connectivity index (χ0v) is 20.1. The molecule has 6 heteroatoms. The van der Waals surface area contributed by atoms with Crippen LogP contribution in [0.2, 0.25) is 10.0 Å². The van der Waals surface area contributed by atoms with E-state index in [0.29, 0.717) is 39.9 Å². The number of amides is 1. The number of nitrogens with zero attached hydrogens (tertiary/aromatic N) is 1. The van der Waals surface area contributed by atoms with Crippen molar-refractivity contribution in [2.24, 2.45) is 0 Å². The number of rotatable bonds is 4. The predicted molar refractivity (Wildman–Crippen MR) is 135 cm³/mol. The van der Waals surface area contributed by atoms with Gasteiger partial charge in [0.05, 0.1) is 12.8 Å². The summed E-state index contributed by atoms with van der Waals surface area (Å²) >= 11 is 12.7. The van der Waals surface area contributed by atoms with E-state index in [4.69, 9.17) is 27.9 Å². The van der Waals surface area contributed by atoms with E-state index in [1.165, 1.54) is 0 Å². The van der Waals surface area contributed by atoms with Crippen molar-refractivity contribution in [3.05, 3.63) is 105 Å². The monoisotopic (exact) mass is 491 g/mol. The number of halogens is 2. The minimum Gasteiger partial charge on any atom is -0.497 e. The molecule has 172 valence electrons. The van der Waals surface area contributed by atoms with Crippen molar-refractivity contribution in [1.82, 2.24) is 0 Å². The first-order valence-electron chi connectivity index (χ1n) is 11.2. The lowest BCUT2D eigenvalue weighted by atomic mass is 9.72. The number of ketones is 1. The lowest BCUT2D eigenvalue weighted by Gasteiger charge is -2.40. The van der Waals surface area contributed by atoms with Crippen LogP contribution in [0.5, 0.6) is 5.75 Å². The summed E-state index contributed by atoms with van der Waals surface area (Å²) in [5.74, 6) is 0.208. The first kappa shape index (κ1) is 22.7. The molecule has 1 heterocycles. The average Bonchev–Trinajstić information content (AvgIpc) is 2.84. The van der Waals surface area contributed by atoms with E-state index in [-0.39, 0.29) is 24.0 Å². The summed E-state index contributed by atoms with van der Waals surface area (Å²) in [6, 6.07) is 22.6. The number of methoxy groups -OCH3 is 1. The van der Waals surface area contributed by atoms with E-state index in [0.717, 1.165) is 16.8 Å². The van der Waals surface area contributed by atoms with Gasteiger partial charge in [0.15, 0.2) is 5.78 Å². The van der Waals surface area contributed by atoms with Crippen LogP contribution in [0.4, 0.5) is 5.69 Å². The Bertz CT molecular complexity index is 1300. The Hall–Kier alpha value is -3.08. The normalized spacial score (nSPS) is 20.4. The Kier molecular flexibility index (Phi) is 6.20. The first-order valence-corrected chi connectivity index (χ1v) is 11.9. The van der Waals surface area contributed by atoms with Gasteiger partial charge in [0, 0.05) is 46.1 Å². The van der Waals surface area contributed by atoms with Crippen molar-refractivity contribution >= 4 is 40.6 Å². The number of hydrogen-bond acceptors (Lipinski definition) is 3. The van der Waals surface area contributed by atoms with Crippen LogP contribution in [0.25, 0.3) is 0 Å². The molecule has 0 saturated heterocycles. The average molecular weight is 492 g/mol. The molecule has 2 aliphatic rings. The second-order valence-electron chi connectivity index (χ2n) is 8.65. The first-order chi connectivity index (χ1) is 16.5. The highest BCUT2D eigenvalue weighted by atomic mass is 35.5. The third-order valence-corrected chi connectivity index (χ3v) is 7.21. The zero-order valence-electron chi connectivity index (χ0n) is 18.6. The molecule has 0 radical (unpaired) electrons. The van der Waals surface area contributed by atoms with E-state index >= 15 is 0 Å². The molecule has 0 spiro atoms. The molecule has 2 unspecified atom stereocenters. The Morgan fingerprint density at radius 2 is 1.68 bits per heavy atom. The molecule has 3 aromatic rings. The Morgan fingerprint density at radius 3 is 2.41 bits per heavy atom. The Labute approximate surface area is 208 Å². The maximum absolute atomic E-state index is 13.7. The van der Waals surface area contributed by atoms with Gasteiger partial charge in [0.1, 0.15) is 5.75 Å². The molecule has 1 aliphatic carbocycles. The zero-order chi connectivity index (χ0) is 23.8. The molecule has 0 saturated carbocycles. The summed E-state index contributed by atoms with van der Waals surface area (Å²) in [6.45, 7) is 0. The van der Waals surface area contributed by atoms with Crippen molar-refractivity contribution in [2.45, 2.75) is 31.1 Å². The summed E-state index contributed by atoms with van der Waals surface area (Å²) in [7, 11) is 1.59. The standard InChI is InChI=1S/C28H23Cl2NO3/c1-34-21-9-5-8-20(15-21)31-25-12-18(17-6-3-2-4-7-17)13-26(32)28(25)23(16-27(31)33)22-11-10-19(29)14-24(22)30/h2-11,14-15,18,23H,12-13,16H2,1H3. The topological polar surface area (TPSA) is 46.6 Å². The van der Waals surface area contributed by atoms with E-state index < -0.39 is 5.92 Å². The fraction of sp³-hybridized carbons (Fsp3) is 0.214. The van der Waals surface area contributed by atoms with Gasteiger partial charge in [-0.05, 0) is 47.7 Å². The number of benzene rings is 3. The van der Waals surface area contributed by atoms with Crippen molar-refractivity contribution < 1.29 is 14.3 Å². The second-order valence-corrected chi connectivity index (χ2v) is 9.50. The van der Waals surface area contributed by atoms with Crippen LogP contribution >= 0.6 is 23.2 Å². The van der Waals surface area contributed by atoms with Gasteiger partial charge in [-0.15, -0.1) is 0 Å². The van der Waals surface area contributed by atoms with Crippen molar-refractivity contribution in [2.75, 3.05) is 12.0 Å². The van der Waals surface area contributed by atoms with Gasteiger partial charge in [-0.2, -0.15) is 0 Å². The quantitative estimate of drug-likeness (QED) is 0.397. The Morgan fingerprint density at radius 1 is 0.882 bits per heavy atom. The van der Waals surface area contributed by atoms with Gasteiger partial charge >= 0.3 is 0 Å². The Balaban J connectivity index is 1.67. The van der Waals surface area contributed by atoms with Gasteiger partial charge in [0.2, 0.25) is 5.91 Å². The van der Waals surface area contributed by atoms with Gasteiger partial charge in [0.25, 0.3) is 0 Å². The van der Waals surface area contributed by atoms with E-state index in [2.05, 4.69) is 0 Å². The molecule has 1 aliphatic heterocycles. The minimum atomic E-state index is -0.404. The molecule has 1 amide bonds. The highest BCUT2D eigenvalue weighted by Gasteiger charge is 2.43. The lowest BCUT2D eigenvalue weighted by Crippen LogP contribution is -2.41. The van der Waals surface area contributed by atoms with Crippen LogP contribution in [-0.4, -0.2) is 18.8 Å². The number of ether oxygens (including phenoxy) is 1. The van der Waals surface area contributed by atoms with Crippen LogP contribution in [-0.2, 0) is 9.59 Å². The van der Waals surface area contributed by atoms with Crippen molar-refractivity contribution in [3.63, 3.8) is 0 Å². The van der Waals surface area contributed by atoms with Crippen molar-refractivity contribution in [3.8, 4) is 5.75 Å². The molecule has 2 atom stereocenters. The molecule has 0 aromatic heterocycles. The summed E-state index contributed by atoms with van der Waals surface area (Å²) in [5.41, 5.74) is 3.94. The van der Waals surface area contributed by atoms with E-state index in [1.54, 1.807) is 24.1 Å². The lowest BCUT2D eigenvalue weighted by molar-refractivity contribution is -0.120. The third-order valence-electron chi connectivity index (χ3n) is 6.65. The van der Waals surface area contributed by atoms with E-state index in [1.807, 2.05) is 60.7 Å². The second kappa shape index (κ2) is 9.28. The molecule has 0 N–H and O–H groups in total. The molecule has 5 rings (SSSR count). The largest absolute Gasteiger partial charge is 0.497 e.